The zero-order valence-corrected chi connectivity index (χ0v) is 9.17. The molecule has 15 heavy (non-hydrogen) atoms. The van der Waals surface area contributed by atoms with Crippen molar-refractivity contribution in [1.29, 1.82) is 5.26 Å². The molecule has 1 amide bonds. The molecule has 1 rings (SSSR count). The predicted molar refractivity (Wildman–Crippen MR) is 54.5 cm³/mol. The minimum atomic E-state index is -1.35. The smallest absolute Gasteiger partial charge is 0.333 e. The minimum absolute atomic E-state index is 0.167. The molecular formula is C9H12N2O3S. The van der Waals surface area contributed by atoms with E-state index < -0.39 is 17.8 Å². The average molecular weight is 228 g/mol. The van der Waals surface area contributed by atoms with Gasteiger partial charge in [0.15, 0.2) is 0 Å². The molecule has 0 aromatic carbocycles. The summed E-state index contributed by atoms with van der Waals surface area (Å²) in [5, 5.41) is 9.09. The van der Waals surface area contributed by atoms with Gasteiger partial charge < -0.3 is 4.74 Å². The number of carbonyl (C=O) groups is 2. The van der Waals surface area contributed by atoms with Crippen molar-refractivity contribution < 1.29 is 14.3 Å². The Morgan fingerprint density at radius 3 is 2.80 bits per heavy atom. The van der Waals surface area contributed by atoms with Gasteiger partial charge >= 0.3 is 5.97 Å². The summed E-state index contributed by atoms with van der Waals surface area (Å²) in [6.45, 7) is 1.79. The van der Waals surface area contributed by atoms with Crippen molar-refractivity contribution in [2.75, 3.05) is 6.61 Å². The summed E-state index contributed by atoms with van der Waals surface area (Å²) in [4.78, 5) is 22.5. The maximum atomic E-state index is 11.4. The number of nitrogens with zero attached hydrogens (tertiary/aromatic N) is 1. The van der Waals surface area contributed by atoms with E-state index in [2.05, 4.69) is 9.46 Å². The Morgan fingerprint density at radius 1 is 1.67 bits per heavy atom. The molecule has 1 fully saturated rings. The third-order valence-corrected chi connectivity index (χ3v) is 2.89. The van der Waals surface area contributed by atoms with Crippen LogP contribution in [-0.2, 0) is 14.3 Å². The molecule has 0 saturated heterocycles. The Balaban J connectivity index is 2.38. The van der Waals surface area contributed by atoms with Crippen LogP contribution in [0.4, 0.5) is 0 Å². The van der Waals surface area contributed by atoms with Gasteiger partial charge in [0, 0.05) is 5.25 Å². The molecule has 0 spiro atoms. The SMILES string of the molecule is CCOC(=O)C(C#N)C(=O)NSC1CC1. The molecule has 0 radical (unpaired) electrons. The van der Waals surface area contributed by atoms with Crippen molar-refractivity contribution in [2.24, 2.45) is 5.92 Å². The fourth-order valence-corrected chi connectivity index (χ4v) is 1.60. The van der Waals surface area contributed by atoms with Gasteiger partial charge in [0.25, 0.3) is 5.91 Å². The highest BCUT2D eigenvalue weighted by Crippen LogP contribution is 2.31. The fourth-order valence-electron chi connectivity index (χ4n) is 0.830. The van der Waals surface area contributed by atoms with Gasteiger partial charge in [0.2, 0.25) is 5.92 Å². The van der Waals surface area contributed by atoms with E-state index in [-0.39, 0.29) is 6.61 Å². The van der Waals surface area contributed by atoms with Crippen molar-refractivity contribution >= 4 is 23.8 Å². The molecule has 0 bridgehead atoms. The molecule has 0 aliphatic heterocycles. The summed E-state index contributed by atoms with van der Waals surface area (Å²) in [7, 11) is 0. The van der Waals surface area contributed by atoms with E-state index in [4.69, 9.17) is 5.26 Å². The van der Waals surface area contributed by atoms with E-state index in [9.17, 15) is 9.59 Å². The number of esters is 1. The third kappa shape index (κ3) is 3.80. The summed E-state index contributed by atoms with van der Waals surface area (Å²) in [6.07, 6.45) is 2.14. The molecule has 0 aromatic heterocycles. The largest absolute Gasteiger partial charge is 0.465 e. The molecule has 1 aliphatic rings. The summed E-state index contributed by atoms with van der Waals surface area (Å²) in [6, 6.07) is 1.63. The van der Waals surface area contributed by atoms with E-state index in [0.717, 1.165) is 12.8 Å². The number of hydrogen-bond donors (Lipinski definition) is 1. The van der Waals surface area contributed by atoms with E-state index in [1.165, 1.54) is 11.9 Å². The molecular weight excluding hydrogens is 216 g/mol. The van der Waals surface area contributed by atoms with Crippen LogP contribution in [0.5, 0.6) is 0 Å². The van der Waals surface area contributed by atoms with Crippen molar-refractivity contribution in [3.05, 3.63) is 0 Å². The Kier molecular flexibility index (Phi) is 4.43. The molecule has 1 saturated carbocycles. The molecule has 1 unspecified atom stereocenters. The number of nitriles is 1. The maximum absolute atomic E-state index is 11.4. The van der Waals surface area contributed by atoms with Crippen LogP contribution in [0.2, 0.25) is 0 Å². The molecule has 6 heteroatoms. The van der Waals surface area contributed by atoms with E-state index in [0.29, 0.717) is 5.25 Å². The average Bonchev–Trinajstić information content (AvgIpc) is 2.99. The minimum Gasteiger partial charge on any atom is -0.465 e. The zero-order valence-electron chi connectivity index (χ0n) is 8.36. The summed E-state index contributed by atoms with van der Waals surface area (Å²) in [5.74, 6) is -2.72. The van der Waals surface area contributed by atoms with Gasteiger partial charge in [-0.25, -0.2) is 0 Å². The normalized spacial score (nSPS) is 16.3. The van der Waals surface area contributed by atoms with Crippen LogP contribution in [0, 0.1) is 17.2 Å². The number of amides is 1. The number of carbonyl (C=O) groups excluding carboxylic acids is 2. The van der Waals surface area contributed by atoms with Gasteiger partial charge in [-0.05, 0) is 31.7 Å². The third-order valence-electron chi connectivity index (χ3n) is 1.76. The molecule has 0 heterocycles. The second-order valence-electron chi connectivity index (χ2n) is 3.10. The van der Waals surface area contributed by atoms with E-state index >= 15 is 0 Å². The highest BCUT2D eigenvalue weighted by molar-refractivity contribution is 7.98. The highest BCUT2D eigenvalue weighted by atomic mass is 32.2. The Bertz CT molecular complexity index is 296. The van der Waals surface area contributed by atoms with Crippen molar-refractivity contribution in [3.8, 4) is 6.07 Å². The molecule has 82 valence electrons. The van der Waals surface area contributed by atoms with Crippen molar-refractivity contribution in [2.45, 2.75) is 25.0 Å². The summed E-state index contributed by atoms with van der Waals surface area (Å²) < 4.78 is 7.10. The van der Waals surface area contributed by atoms with Gasteiger partial charge in [-0.3, -0.25) is 14.3 Å². The maximum Gasteiger partial charge on any atom is 0.333 e. The van der Waals surface area contributed by atoms with Crippen LogP contribution in [0.1, 0.15) is 19.8 Å². The Labute approximate surface area is 92.3 Å². The lowest BCUT2D eigenvalue weighted by Gasteiger charge is -2.07. The quantitative estimate of drug-likeness (QED) is 0.424. The molecule has 1 atom stereocenters. The van der Waals surface area contributed by atoms with E-state index in [1.807, 2.05) is 0 Å². The first kappa shape index (κ1) is 11.9. The Morgan fingerprint density at radius 2 is 2.33 bits per heavy atom. The number of hydrogen-bond acceptors (Lipinski definition) is 5. The van der Waals surface area contributed by atoms with Gasteiger partial charge in [-0.1, -0.05) is 0 Å². The number of ether oxygens (including phenoxy) is 1. The summed E-state index contributed by atoms with van der Waals surface area (Å²) >= 11 is 1.27. The van der Waals surface area contributed by atoms with Gasteiger partial charge in [-0.15, -0.1) is 0 Å². The predicted octanol–water partition coefficient (Wildman–Crippen LogP) is 0.616. The van der Waals surface area contributed by atoms with Gasteiger partial charge in [0.05, 0.1) is 12.7 Å². The monoisotopic (exact) mass is 228 g/mol. The number of nitrogens with one attached hydrogen (secondary N) is 1. The topological polar surface area (TPSA) is 79.2 Å². The molecule has 1 aliphatic carbocycles. The Hall–Kier alpha value is -1.22. The highest BCUT2D eigenvalue weighted by Gasteiger charge is 2.30. The van der Waals surface area contributed by atoms with Crippen LogP contribution < -0.4 is 4.72 Å². The van der Waals surface area contributed by atoms with Gasteiger partial charge in [-0.2, -0.15) is 5.26 Å². The molecule has 5 nitrogen and oxygen atoms in total. The van der Waals surface area contributed by atoms with Crippen LogP contribution in [-0.4, -0.2) is 23.7 Å². The summed E-state index contributed by atoms with van der Waals surface area (Å²) in [5.41, 5.74) is 0. The van der Waals surface area contributed by atoms with Crippen molar-refractivity contribution in [1.82, 2.24) is 4.72 Å². The van der Waals surface area contributed by atoms with Crippen LogP contribution in [0.25, 0.3) is 0 Å². The number of rotatable bonds is 5. The van der Waals surface area contributed by atoms with Crippen molar-refractivity contribution in [3.63, 3.8) is 0 Å². The first-order valence-electron chi connectivity index (χ1n) is 4.70. The molecule has 0 aromatic rings. The second-order valence-corrected chi connectivity index (χ2v) is 4.20. The lowest BCUT2D eigenvalue weighted by atomic mass is 10.2. The second kappa shape index (κ2) is 5.61. The van der Waals surface area contributed by atoms with Crippen LogP contribution >= 0.6 is 11.9 Å². The lowest BCUT2D eigenvalue weighted by molar-refractivity contribution is -0.149. The standard InChI is InChI=1S/C9H12N2O3S/c1-2-14-9(13)7(5-10)8(12)11-15-6-3-4-6/h6-7H,2-4H2,1H3,(H,11,12). The first-order valence-corrected chi connectivity index (χ1v) is 5.58. The zero-order chi connectivity index (χ0) is 11.3. The lowest BCUT2D eigenvalue weighted by Crippen LogP contribution is -2.32. The van der Waals surface area contributed by atoms with Crippen LogP contribution in [0.15, 0.2) is 0 Å². The fraction of sp³-hybridized carbons (Fsp3) is 0.667. The van der Waals surface area contributed by atoms with Gasteiger partial charge in [0.1, 0.15) is 0 Å². The molecule has 1 N–H and O–H groups in total. The first-order chi connectivity index (χ1) is 7.19. The van der Waals surface area contributed by atoms with E-state index in [1.54, 1.807) is 13.0 Å². The van der Waals surface area contributed by atoms with Crippen LogP contribution in [0.3, 0.4) is 0 Å².